The van der Waals surface area contributed by atoms with Crippen LogP contribution in [0.4, 0.5) is 0 Å². The third-order valence-corrected chi connectivity index (χ3v) is 4.06. The summed E-state index contributed by atoms with van der Waals surface area (Å²) in [5.74, 6) is 0. The van der Waals surface area contributed by atoms with Crippen LogP contribution in [0.5, 0.6) is 0 Å². The van der Waals surface area contributed by atoms with Crippen LogP contribution in [0.25, 0.3) is 11.1 Å². The molecule has 0 aliphatic heterocycles. The van der Waals surface area contributed by atoms with Crippen molar-refractivity contribution in [2.24, 2.45) is 0 Å². The zero-order valence-corrected chi connectivity index (χ0v) is 14.2. The molecule has 0 aliphatic carbocycles. The molecule has 0 nitrogen and oxygen atoms in total. The van der Waals surface area contributed by atoms with Crippen LogP contribution < -0.4 is 0 Å². The van der Waals surface area contributed by atoms with Crippen LogP contribution in [0.1, 0.15) is 22.3 Å². The SMILES string of the molecule is Cc1c(-c2ccccc2)c(C)[c-](C)c1C.[Fe].[cH-]1[cH-][cH-][cH-][cH-]1. The number of benzene rings is 1. The van der Waals surface area contributed by atoms with Gasteiger partial charge >= 0.3 is 0 Å². The Morgan fingerprint density at radius 1 is 0.762 bits per heavy atom. The van der Waals surface area contributed by atoms with Crippen molar-refractivity contribution in [2.45, 2.75) is 27.7 Å². The largest absolute Gasteiger partial charge is 0.748 e. The van der Waals surface area contributed by atoms with E-state index >= 15 is 0 Å². The fourth-order valence-electron chi connectivity index (χ4n) is 2.58. The van der Waals surface area contributed by atoms with Gasteiger partial charge in [-0.1, -0.05) is 63.6 Å². The van der Waals surface area contributed by atoms with E-state index in [1.807, 2.05) is 30.3 Å². The van der Waals surface area contributed by atoms with Crippen LogP contribution in [0, 0.1) is 27.7 Å². The Labute approximate surface area is 139 Å². The molecule has 3 aromatic rings. The Balaban J connectivity index is 0.000000313. The van der Waals surface area contributed by atoms with Crippen molar-refractivity contribution in [3.05, 3.63) is 82.9 Å². The maximum Gasteiger partial charge on any atom is 0 e. The van der Waals surface area contributed by atoms with E-state index in [2.05, 4.69) is 58.0 Å². The zero-order chi connectivity index (χ0) is 14.5. The second-order valence-electron chi connectivity index (χ2n) is 5.20. The summed E-state index contributed by atoms with van der Waals surface area (Å²) in [7, 11) is 0. The second kappa shape index (κ2) is 8.02. The standard InChI is InChI=1S/C15H17.C5H5.Fe/c1-10-11(2)13(4)15(12(10)3)14-8-6-5-7-9-14;1-2-4-5-3-1;/h5-9H,1-4H3;1-5H;/q-1;-5;. The van der Waals surface area contributed by atoms with Gasteiger partial charge in [-0.05, 0) is 0 Å². The summed E-state index contributed by atoms with van der Waals surface area (Å²) in [5.41, 5.74) is 8.49. The van der Waals surface area contributed by atoms with E-state index in [1.165, 1.54) is 33.4 Å². The molecule has 116 valence electrons. The van der Waals surface area contributed by atoms with E-state index in [1.54, 1.807) is 0 Å². The summed E-state index contributed by atoms with van der Waals surface area (Å²) in [6.45, 7) is 8.86. The van der Waals surface area contributed by atoms with Crippen LogP contribution in [-0.4, -0.2) is 0 Å². The van der Waals surface area contributed by atoms with E-state index in [9.17, 15) is 0 Å². The summed E-state index contributed by atoms with van der Waals surface area (Å²) >= 11 is 0. The van der Waals surface area contributed by atoms with E-state index in [0.717, 1.165) is 0 Å². The maximum absolute atomic E-state index is 2.22. The van der Waals surface area contributed by atoms with Crippen molar-refractivity contribution in [2.75, 3.05) is 0 Å². The van der Waals surface area contributed by atoms with Gasteiger partial charge in [-0.3, -0.25) is 0 Å². The molecule has 0 aliphatic rings. The van der Waals surface area contributed by atoms with Crippen LogP contribution in [-0.2, 0) is 17.1 Å². The van der Waals surface area contributed by atoms with Gasteiger partial charge in [0.1, 0.15) is 0 Å². The molecule has 0 unspecified atom stereocenters. The normalized spacial score (nSPS) is 9.52. The van der Waals surface area contributed by atoms with Crippen molar-refractivity contribution < 1.29 is 17.1 Å². The average Bonchev–Trinajstić information content (AvgIpc) is 3.10. The molecule has 21 heavy (non-hydrogen) atoms. The quantitative estimate of drug-likeness (QED) is 0.398. The van der Waals surface area contributed by atoms with Crippen molar-refractivity contribution in [1.82, 2.24) is 0 Å². The molecule has 3 rings (SSSR count). The van der Waals surface area contributed by atoms with Gasteiger partial charge in [-0.25, -0.2) is 0 Å². The fourth-order valence-corrected chi connectivity index (χ4v) is 2.58. The van der Waals surface area contributed by atoms with E-state index < -0.39 is 0 Å². The van der Waals surface area contributed by atoms with Crippen LogP contribution in [0.2, 0.25) is 0 Å². The van der Waals surface area contributed by atoms with Gasteiger partial charge in [0.05, 0.1) is 0 Å². The van der Waals surface area contributed by atoms with Gasteiger partial charge in [0.15, 0.2) is 0 Å². The predicted octanol–water partition coefficient (Wildman–Crippen LogP) is 5.71. The van der Waals surface area contributed by atoms with E-state index in [-0.39, 0.29) is 17.1 Å². The molecule has 0 fully saturated rings. The summed E-state index contributed by atoms with van der Waals surface area (Å²) < 4.78 is 0. The zero-order valence-electron chi connectivity index (χ0n) is 13.1. The van der Waals surface area contributed by atoms with Crippen molar-refractivity contribution in [3.63, 3.8) is 0 Å². The molecule has 0 N–H and O–H groups in total. The van der Waals surface area contributed by atoms with Crippen molar-refractivity contribution in [1.29, 1.82) is 0 Å². The van der Waals surface area contributed by atoms with Gasteiger partial charge in [-0.2, -0.15) is 27.8 Å². The van der Waals surface area contributed by atoms with Crippen molar-refractivity contribution in [3.8, 4) is 11.1 Å². The second-order valence-corrected chi connectivity index (χ2v) is 5.20. The van der Waals surface area contributed by atoms with Gasteiger partial charge < -0.3 is 30.3 Å². The topological polar surface area (TPSA) is 0 Å². The van der Waals surface area contributed by atoms with Gasteiger partial charge in [-0.15, -0.1) is 0 Å². The first kappa shape index (κ1) is 17.5. The van der Waals surface area contributed by atoms with Crippen LogP contribution in [0.15, 0.2) is 60.7 Å². The van der Waals surface area contributed by atoms with Gasteiger partial charge in [0.2, 0.25) is 0 Å². The Morgan fingerprint density at radius 3 is 1.62 bits per heavy atom. The monoisotopic (exact) mass is 318 g/mol. The summed E-state index contributed by atoms with van der Waals surface area (Å²) in [5, 5.41) is 0. The van der Waals surface area contributed by atoms with E-state index in [4.69, 9.17) is 0 Å². The fraction of sp³-hybridized carbons (Fsp3) is 0.200. The molecule has 3 aromatic carbocycles. The maximum atomic E-state index is 2.22. The molecule has 0 atom stereocenters. The molecule has 0 saturated heterocycles. The van der Waals surface area contributed by atoms with Crippen molar-refractivity contribution >= 4 is 0 Å². The molecular weight excluding hydrogens is 296 g/mol. The first-order chi connectivity index (χ1) is 9.63. The van der Waals surface area contributed by atoms with Gasteiger partial charge in [0.25, 0.3) is 0 Å². The molecule has 0 radical (unpaired) electrons. The minimum absolute atomic E-state index is 0. The Morgan fingerprint density at radius 2 is 1.24 bits per heavy atom. The minimum Gasteiger partial charge on any atom is -0.748 e. The number of hydrogen-bond acceptors (Lipinski definition) is 0. The Hall–Kier alpha value is -1.56. The third-order valence-electron chi connectivity index (χ3n) is 4.06. The first-order valence-corrected chi connectivity index (χ1v) is 7.08. The van der Waals surface area contributed by atoms with Gasteiger partial charge in [0, 0.05) is 17.1 Å². The first-order valence-electron chi connectivity index (χ1n) is 7.08. The van der Waals surface area contributed by atoms with Crippen LogP contribution >= 0.6 is 0 Å². The third kappa shape index (κ3) is 3.97. The molecule has 0 saturated carbocycles. The summed E-state index contributed by atoms with van der Waals surface area (Å²) in [6, 6.07) is 20.6. The summed E-state index contributed by atoms with van der Waals surface area (Å²) in [6.07, 6.45) is 0. The average molecular weight is 318 g/mol. The Kier molecular flexibility index (Phi) is 6.68. The molecule has 0 spiro atoms. The van der Waals surface area contributed by atoms with E-state index in [0.29, 0.717) is 0 Å². The predicted molar refractivity (Wildman–Crippen MR) is 88.5 cm³/mol. The number of hydrogen-bond donors (Lipinski definition) is 0. The molecule has 0 heterocycles. The van der Waals surface area contributed by atoms with Crippen LogP contribution in [0.3, 0.4) is 0 Å². The molecule has 0 amide bonds. The molecule has 1 heteroatoms. The molecule has 0 aromatic heterocycles. The Bertz CT molecular complexity index is 600. The smallest absolute Gasteiger partial charge is 0 e. The summed E-state index contributed by atoms with van der Waals surface area (Å²) in [4.78, 5) is 0. The molecule has 0 bridgehead atoms. The minimum atomic E-state index is 0. The number of rotatable bonds is 1. The molecular formula is C20H22Fe-6.